The Hall–Kier alpha value is -1.28. The molecule has 2 rings (SSSR count). The van der Waals surface area contributed by atoms with E-state index in [0.717, 1.165) is 19.5 Å². The number of aryl methyl sites for hydroxylation is 3. The fourth-order valence-electron chi connectivity index (χ4n) is 2.53. The Morgan fingerprint density at radius 1 is 1.16 bits per heavy atom. The molecule has 0 unspecified atom stereocenters. The standard InChI is InChI=1S/C15H22N2.C2H6/c1-5-16-9-8-14-12(3)13-10-11(2)6-7-15(13)17(14)4;1-2/h6-7,10,16H,5,8-9H2,1-4H3;1-2H3. The van der Waals surface area contributed by atoms with Crippen molar-refractivity contribution in [1.29, 1.82) is 0 Å². The van der Waals surface area contributed by atoms with Gasteiger partial charge in [0, 0.05) is 36.6 Å². The molecule has 106 valence electrons. The Bertz CT molecular complexity index is 524. The first-order valence-corrected chi connectivity index (χ1v) is 7.40. The van der Waals surface area contributed by atoms with Gasteiger partial charge in [-0.25, -0.2) is 0 Å². The van der Waals surface area contributed by atoms with Crippen LogP contribution in [0.15, 0.2) is 18.2 Å². The summed E-state index contributed by atoms with van der Waals surface area (Å²) in [5.41, 5.74) is 5.57. The van der Waals surface area contributed by atoms with Crippen LogP contribution in [-0.2, 0) is 13.5 Å². The average molecular weight is 260 g/mol. The third-order valence-electron chi connectivity index (χ3n) is 3.54. The SMILES string of the molecule is CC.CCNCCc1c(C)c2cc(C)ccc2n1C. The summed E-state index contributed by atoms with van der Waals surface area (Å²) in [7, 11) is 2.17. The van der Waals surface area contributed by atoms with Gasteiger partial charge in [0.1, 0.15) is 0 Å². The van der Waals surface area contributed by atoms with Crippen molar-refractivity contribution in [2.45, 2.75) is 41.0 Å². The van der Waals surface area contributed by atoms with Gasteiger partial charge in [0.2, 0.25) is 0 Å². The third-order valence-corrected chi connectivity index (χ3v) is 3.54. The topological polar surface area (TPSA) is 17.0 Å². The Morgan fingerprint density at radius 3 is 2.47 bits per heavy atom. The van der Waals surface area contributed by atoms with Crippen LogP contribution in [0.2, 0.25) is 0 Å². The van der Waals surface area contributed by atoms with E-state index in [1.54, 1.807) is 0 Å². The summed E-state index contributed by atoms with van der Waals surface area (Å²) in [6.07, 6.45) is 1.10. The highest BCUT2D eigenvalue weighted by atomic mass is 15.0. The molecule has 1 aromatic heterocycles. The second kappa shape index (κ2) is 7.34. The van der Waals surface area contributed by atoms with Gasteiger partial charge in [0.05, 0.1) is 0 Å². The number of fused-ring (bicyclic) bond motifs is 1. The smallest absolute Gasteiger partial charge is 0.0482 e. The zero-order chi connectivity index (χ0) is 14.4. The molecule has 0 spiro atoms. The first kappa shape index (κ1) is 15.8. The second-order valence-corrected chi connectivity index (χ2v) is 4.75. The van der Waals surface area contributed by atoms with E-state index in [1.807, 2.05) is 13.8 Å². The predicted octanol–water partition coefficient (Wildman–Crippen LogP) is 3.97. The normalized spacial score (nSPS) is 10.4. The van der Waals surface area contributed by atoms with E-state index < -0.39 is 0 Å². The first-order valence-electron chi connectivity index (χ1n) is 7.40. The maximum Gasteiger partial charge on any atom is 0.0482 e. The first-order chi connectivity index (χ1) is 9.15. The zero-order valence-electron chi connectivity index (χ0n) is 13.3. The summed E-state index contributed by atoms with van der Waals surface area (Å²) >= 11 is 0. The van der Waals surface area contributed by atoms with Crippen molar-refractivity contribution in [2.24, 2.45) is 7.05 Å². The van der Waals surface area contributed by atoms with Crippen LogP contribution in [0.5, 0.6) is 0 Å². The molecule has 0 aliphatic carbocycles. The number of rotatable bonds is 4. The van der Waals surface area contributed by atoms with E-state index in [-0.39, 0.29) is 0 Å². The molecule has 0 atom stereocenters. The number of hydrogen-bond donors (Lipinski definition) is 1. The molecule has 0 saturated heterocycles. The van der Waals surface area contributed by atoms with Gasteiger partial charge in [-0.05, 0) is 38.1 Å². The van der Waals surface area contributed by atoms with Gasteiger partial charge in [-0.1, -0.05) is 32.4 Å². The molecule has 0 aliphatic rings. The Balaban J connectivity index is 0.000000861. The van der Waals surface area contributed by atoms with Crippen LogP contribution < -0.4 is 5.32 Å². The molecular formula is C17H28N2. The van der Waals surface area contributed by atoms with Crippen molar-refractivity contribution in [3.05, 3.63) is 35.0 Å². The van der Waals surface area contributed by atoms with Crippen LogP contribution in [0.25, 0.3) is 10.9 Å². The van der Waals surface area contributed by atoms with Crippen LogP contribution in [0.4, 0.5) is 0 Å². The highest BCUT2D eigenvalue weighted by Gasteiger charge is 2.10. The summed E-state index contributed by atoms with van der Waals surface area (Å²) in [6, 6.07) is 6.71. The summed E-state index contributed by atoms with van der Waals surface area (Å²) in [5, 5.41) is 4.80. The van der Waals surface area contributed by atoms with Crippen molar-refractivity contribution in [2.75, 3.05) is 13.1 Å². The average Bonchev–Trinajstić information content (AvgIpc) is 2.66. The third kappa shape index (κ3) is 3.38. The summed E-state index contributed by atoms with van der Waals surface area (Å²) in [4.78, 5) is 0. The minimum Gasteiger partial charge on any atom is -0.347 e. The lowest BCUT2D eigenvalue weighted by Crippen LogP contribution is -2.17. The lowest BCUT2D eigenvalue weighted by Gasteiger charge is -2.06. The number of nitrogens with zero attached hydrogens (tertiary/aromatic N) is 1. The van der Waals surface area contributed by atoms with Crippen LogP contribution >= 0.6 is 0 Å². The maximum absolute atomic E-state index is 3.39. The highest BCUT2D eigenvalue weighted by molar-refractivity contribution is 5.85. The lowest BCUT2D eigenvalue weighted by molar-refractivity contribution is 0.690. The number of likely N-dealkylation sites (N-methyl/N-ethyl adjacent to an activating group) is 1. The quantitative estimate of drug-likeness (QED) is 0.823. The van der Waals surface area contributed by atoms with E-state index in [4.69, 9.17) is 0 Å². The maximum atomic E-state index is 3.39. The number of benzene rings is 1. The molecule has 2 heteroatoms. The minimum atomic E-state index is 1.04. The molecule has 0 fully saturated rings. The molecule has 1 N–H and O–H groups in total. The molecular weight excluding hydrogens is 232 g/mol. The number of nitrogens with one attached hydrogen (secondary N) is 1. The van der Waals surface area contributed by atoms with Gasteiger partial charge in [-0.15, -0.1) is 0 Å². The van der Waals surface area contributed by atoms with Crippen LogP contribution in [0.1, 0.15) is 37.6 Å². The van der Waals surface area contributed by atoms with Crippen LogP contribution in [-0.4, -0.2) is 17.7 Å². The molecule has 1 aromatic carbocycles. The van der Waals surface area contributed by atoms with Crippen LogP contribution in [0.3, 0.4) is 0 Å². The van der Waals surface area contributed by atoms with Gasteiger partial charge >= 0.3 is 0 Å². The van der Waals surface area contributed by atoms with Crippen molar-refractivity contribution < 1.29 is 0 Å². The molecule has 0 radical (unpaired) electrons. The predicted molar refractivity (Wildman–Crippen MR) is 86.0 cm³/mol. The summed E-state index contributed by atoms with van der Waals surface area (Å²) in [6.45, 7) is 12.6. The molecule has 2 nitrogen and oxygen atoms in total. The molecule has 2 aromatic rings. The van der Waals surface area contributed by atoms with E-state index >= 15 is 0 Å². The Labute approximate surface area is 117 Å². The number of aromatic nitrogens is 1. The Morgan fingerprint density at radius 2 is 1.84 bits per heavy atom. The van der Waals surface area contributed by atoms with Crippen molar-refractivity contribution in [1.82, 2.24) is 9.88 Å². The van der Waals surface area contributed by atoms with Crippen molar-refractivity contribution in [3.8, 4) is 0 Å². The van der Waals surface area contributed by atoms with Gasteiger partial charge in [0.25, 0.3) is 0 Å². The molecule has 0 saturated carbocycles. The largest absolute Gasteiger partial charge is 0.347 e. The van der Waals surface area contributed by atoms with Crippen molar-refractivity contribution >= 4 is 10.9 Å². The van der Waals surface area contributed by atoms with Crippen molar-refractivity contribution in [3.63, 3.8) is 0 Å². The summed E-state index contributed by atoms with van der Waals surface area (Å²) in [5.74, 6) is 0. The zero-order valence-corrected chi connectivity index (χ0v) is 13.3. The fraction of sp³-hybridized carbons (Fsp3) is 0.529. The van der Waals surface area contributed by atoms with Gasteiger partial charge in [-0.3, -0.25) is 0 Å². The van der Waals surface area contributed by atoms with E-state index in [1.165, 1.54) is 27.7 Å². The lowest BCUT2D eigenvalue weighted by atomic mass is 10.1. The van der Waals surface area contributed by atoms with E-state index in [0.29, 0.717) is 0 Å². The number of hydrogen-bond acceptors (Lipinski definition) is 1. The van der Waals surface area contributed by atoms with Gasteiger partial charge in [-0.2, -0.15) is 0 Å². The van der Waals surface area contributed by atoms with E-state index in [2.05, 4.69) is 55.9 Å². The molecule has 0 aliphatic heterocycles. The fourth-order valence-corrected chi connectivity index (χ4v) is 2.53. The van der Waals surface area contributed by atoms with Crippen LogP contribution in [0, 0.1) is 13.8 Å². The summed E-state index contributed by atoms with van der Waals surface area (Å²) < 4.78 is 2.33. The molecule has 19 heavy (non-hydrogen) atoms. The highest BCUT2D eigenvalue weighted by Crippen LogP contribution is 2.25. The Kier molecular flexibility index (Phi) is 6.10. The molecule has 0 amide bonds. The molecule has 0 bridgehead atoms. The van der Waals surface area contributed by atoms with Gasteiger partial charge < -0.3 is 9.88 Å². The molecule has 1 heterocycles. The van der Waals surface area contributed by atoms with E-state index in [9.17, 15) is 0 Å². The second-order valence-electron chi connectivity index (χ2n) is 4.75. The van der Waals surface area contributed by atoms with Gasteiger partial charge in [0.15, 0.2) is 0 Å². The monoisotopic (exact) mass is 260 g/mol. The minimum absolute atomic E-state index is 1.04.